The molecule has 2 N–H and O–H groups in total. The first-order chi connectivity index (χ1) is 12.5. The molecule has 0 radical (unpaired) electrons. The maximum atomic E-state index is 11.9. The Morgan fingerprint density at radius 1 is 1.41 bits per heavy atom. The molecule has 0 aliphatic carbocycles. The summed E-state index contributed by atoms with van der Waals surface area (Å²) in [6.45, 7) is 8.60. The summed E-state index contributed by atoms with van der Waals surface area (Å²) in [5.41, 5.74) is 0. The fourth-order valence-electron chi connectivity index (χ4n) is 3.10. The summed E-state index contributed by atoms with van der Waals surface area (Å²) >= 11 is 1.72. The number of rotatable bonds is 8. The van der Waals surface area contributed by atoms with Gasteiger partial charge in [0.1, 0.15) is 6.54 Å². The molecule has 6 nitrogen and oxygen atoms in total. The Morgan fingerprint density at radius 2 is 2.19 bits per heavy atom. The number of aliphatic imine (C=N–C) groups is 1. The zero-order valence-electron chi connectivity index (χ0n) is 16.9. The van der Waals surface area contributed by atoms with Crippen molar-refractivity contribution >= 4 is 47.2 Å². The van der Waals surface area contributed by atoms with Gasteiger partial charge < -0.3 is 15.5 Å². The number of halogens is 1. The van der Waals surface area contributed by atoms with Crippen LogP contribution in [0.25, 0.3) is 0 Å². The third-order valence-electron chi connectivity index (χ3n) is 4.49. The number of amides is 1. The van der Waals surface area contributed by atoms with E-state index in [4.69, 9.17) is 0 Å². The van der Waals surface area contributed by atoms with Crippen LogP contribution in [0.1, 0.15) is 31.6 Å². The topological polar surface area (TPSA) is 60.0 Å². The predicted molar refractivity (Wildman–Crippen MR) is 125 cm³/mol. The average Bonchev–Trinajstić information content (AvgIpc) is 3.25. The van der Waals surface area contributed by atoms with E-state index < -0.39 is 0 Å². The molecule has 1 amide bonds. The number of carbonyl (C=O) groups excluding carboxylic acids is 1. The Bertz CT molecular complexity index is 577. The Labute approximate surface area is 184 Å². The number of carbonyl (C=O) groups is 1. The van der Waals surface area contributed by atoms with E-state index in [0.29, 0.717) is 17.9 Å². The predicted octanol–water partition coefficient (Wildman–Crippen LogP) is 2.61. The minimum absolute atomic E-state index is 0. The lowest BCUT2D eigenvalue weighted by atomic mass is 10.1. The van der Waals surface area contributed by atoms with E-state index in [1.807, 2.05) is 6.07 Å². The second-order valence-corrected chi connectivity index (χ2v) is 8.48. The van der Waals surface area contributed by atoms with Gasteiger partial charge in [0.2, 0.25) is 5.91 Å². The van der Waals surface area contributed by atoms with Gasteiger partial charge in [-0.15, -0.1) is 35.3 Å². The summed E-state index contributed by atoms with van der Waals surface area (Å²) in [6, 6.07) is 4.68. The van der Waals surface area contributed by atoms with Crippen molar-refractivity contribution in [3.63, 3.8) is 0 Å². The quantitative estimate of drug-likeness (QED) is 0.323. The van der Waals surface area contributed by atoms with E-state index in [1.165, 1.54) is 24.3 Å². The fraction of sp³-hybridized carbons (Fsp3) is 0.684. The molecule has 1 aliphatic heterocycles. The number of likely N-dealkylation sites (N-methyl/N-ethyl adjacent to an activating group) is 1. The zero-order valence-corrected chi connectivity index (χ0v) is 20.0. The largest absolute Gasteiger partial charge is 0.355 e. The molecule has 1 aromatic rings. The molecule has 0 spiro atoms. The number of nitrogens with one attached hydrogen (secondary N) is 2. The van der Waals surface area contributed by atoms with E-state index in [-0.39, 0.29) is 36.4 Å². The van der Waals surface area contributed by atoms with Gasteiger partial charge >= 0.3 is 0 Å². The second kappa shape index (κ2) is 12.6. The first-order valence-corrected chi connectivity index (χ1v) is 10.3. The Balaban J connectivity index is 0.00000364. The number of hydrogen-bond donors (Lipinski definition) is 2. The molecule has 154 valence electrons. The van der Waals surface area contributed by atoms with Crippen molar-refractivity contribution in [1.29, 1.82) is 0 Å². The number of nitrogens with zero attached hydrogens (tertiary/aromatic N) is 3. The van der Waals surface area contributed by atoms with Crippen LogP contribution in [0.2, 0.25) is 0 Å². The molecule has 1 fully saturated rings. The lowest BCUT2D eigenvalue weighted by Crippen LogP contribution is -2.45. The molecule has 27 heavy (non-hydrogen) atoms. The number of guanidine groups is 1. The minimum Gasteiger partial charge on any atom is -0.355 e. The SMILES string of the molecule is CC(C)CN1CCC[C@@H]1CNC(=NCC(=O)N(C)C)NCc1cccs1.I. The highest BCUT2D eigenvalue weighted by Gasteiger charge is 2.24. The van der Waals surface area contributed by atoms with Gasteiger partial charge in [0.25, 0.3) is 0 Å². The van der Waals surface area contributed by atoms with Crippen LogP contribution < -0.4 is 10.6 Å². The van der Waals surface area contributed by atoms with E-state index in [0.717, 1.165) is 19.6 Å². The summed E-state index contributed by atoms with van der Waals surface area (Å²) < 4.78 is 0. The van der Waals surface area contributed by atoms with Crippen molar-refractivity contribution in [3.8, 4) is 0 Å². The highest BCUT2D eigenvalue weighted by molar-refractivity contribution is 14.0. The third kappa shape index (κ3) is 8.78. The van der Waals surface area contributed by atoms with Gasteiger partial charge in [0.05, 0.1) is 6.54 Å². The van der Waals surface area contributed by atoms with Crippen LogP contribution in [0, 0.1) is 5.92 Å². The minimum atomic E-state index is 0. The van der Waals surface area contributed by atoms with E-state index in [1.54, 1.807) is 30.3 Å². The molecular formula is C19H34IN5OS. The Hall–Kier alpha value is -0.870. The number of thiophene rings is 1. The molecule has 0 bridgehead atoms. The van der Waals surface area contributed by atoms with Gasteiger partial charge in [-0.25, -0.2) is 4.99 Å². The fourth-order valence-corrected chi connectivity index (χ4v) is 3.74. The molecule has 1 atom stereocenters. The molecular weight excluding hydrogens is 473 g/mol. The van der Waals surface area contributed by atoms with Crippen LogP contribution in [-0.4, -0.2) is 68.0 Å². The standard InChI is InChI=1S/C19H33N5OS.HI/c1-15(2)14-24-9-5-7-16(24)11-20-19(22-13-18(25)23(3)4)21-12-17-8-6-10-26-17;/h6,8,10,15-16H,5,7,9,11-14H2,1-4H3,(H2,20,21,22);1H/t16-;/m1./s1. The van der Waals surface area contributed by atoms with Crippen LogP contribution in [-0.2, 0) is 11.3 Å². The van der Waals surface area contributed by atoms with E-state index in [2.05, 4.69) is 45.8 Å². The maximum absolute atomic E-state index is 11.9. The van der Waals surface area contributed by atoms with Crippen LogP contribution in [0.5, 0.6) is 0 Å². The van der Waals surface area contributed by atoms with Crippen molar-refractivity contribution < 1.29 is 4.79 Å². The maximum Gasteiger partial charge on any atom is 0.243 e. The number of hydrogen-bond acceptors (Lipinski definition) is 4. The molecule has 1 aliphatic rings. The molecule has 0 aromatic carbocycles. The molecule has 8 heteroatoms. The van der Waals surface area contributed by atoms with Gasteiger partial charge in [-0.3, -0.25) is 9.69 Å². The van der Waals surface area contributed by atoms with Crippen LogP contribution >= 0.6 is 35.3 Å². The van der Waals surface area contributed by atoms with Gasteiger partial charge in [-0.05, 0) is 36.8 Å². The lowest BCUT2D eigenvalue weighted by Gasteiger charge is -2.27. The first kappa shape index (κ1) is 24.2. The van der Waals surface area contributed by atoms with Crippen molar-refractivity contribution in [3.05, 3.63) is 22.4 Å². The van der Waals surface area contributed by atoms with Gasteiger partial charge in [0.15, 0.2) is 5.96 Å². The van der Waals surface area contributed by atoms with Crippen LogP contribution in [0.15, 0.2) is 22.5 Å². The van der Waals surface area contributed by atoms with E-state index in [9.17, 15) is 4.79 Å². The van der Waals surface area contributed by atoms with Crippen molar-refractivity contribution in [2.24, 2.45) is 10.9 Å². The molecule has 0 saturated carbocycles. The molecule has 1 saturated heterocycles. The summed E-state index contributed by atoms with van der Waals surface area (Å²) in [7, 11) is 3.51. The smallest absolute Gasteiger partial charge is 0.243 e. The lowest BCUT2D eigenvalue weighted by molar-refractivity contribution is -0.127. The highest BCUT2D eigenvalue weighted by Crippen LogP contribution is 2.17. The summed E-state index contributed by atoms with van der Waals surface area (Å²) in [5.74, 6) is 1.40. The molecule has 2 rings (SSSR count). The second-order valence-electron chi connectivity index (χ2n) is 7.45. The van der Waals surface area contributed by atoms with Crippen molar-refractivity contribution in [1.82, 2.24) is 20.4 Å². The van der Waals surface area contributed by atoms with E-state index >= 15 is 0 Å². The van der Waals surface area contributed by atoms with Crippen LogP contribution in [0.3, 0.4) is 0 Å². The van der Waals surface area contributed by atoms with Crippen molar-refractivity contribution in [2.45, 2.75) is 39.3 Å². The van der Waals surface area contributed by atoms with Gasteiger partial charge in [-0.1, -0.05) is 19.9 Å². The summed E-state index contributed by atoms with van der Waals surface area (Å²) in [6.07, 6.45) is 2.47. The third-order valence-corrected chi connectivity index (χ3v) is 5.36. The summed E-state index contributed by atoms with van der Waals surface area (Å²) in [5, 5.41) is 8.88. The zero-order chi connectivity index (χ0) is 18.9. The number of likely N-dealkylation sites (tertiary alicyclic amines) is 1. The molecule has 0 unspecified atom stereocenters. The van der Waals surface area contributed by atoms with Gasteiger partial charge in [0, 0.05) is 38.1 Å². The molecule has 1 aromatic heterocycles. The molecule has 2 heterocycles. The Kier molecular flexibility index (Phi) is 11.2. The normalized spacial score (nSPS) is 17.7. The average molecular weight is 507 g/mol. The first-order valence-electron chi connectivity index (χ1n) is 9.44. The van der Waals surface area contributed by atoms with Gasteiger partial charge in [-0.2, -0.15) is 0 Å². The Morgan fingerprint density at radius 3 is 2.81 bits per heavy atom. The highest BCUT2D eigenvalue weighted by atomic mass is 127. The monoisotopic (exact) mass is 507 g/mol. The summed E-state index contributed by atoms with van der Waals surface area (Å²) in [4.78, 5) is 21.7. The van der Waals surface area contributed by atoms with Crippen LogP contribution in [0.4, 0.5) is 0 Å². The van der Waals surface area contributed by atoms with Crippen molar-refractivity contribution in [2.75, 3.05) is 40.3 Å².